The van der Waals surface area contributed by atoms with Gasteiger partial charge in [-0.2, -0.15) is 5.10 Å². The number of rotatable bonds is 5. The molecule has 0 bridgehead atoms. The van der Waals surface area contributed by atoms with Crippen LogP contribution in [0.5, 0.6) is 5.75 Å². The van der Waals surface area contributed by atoms with E-state index in [0.29, 0.717) is 0 Å². The summed E-state index contributed by atoms with van der Waals surface area (Å²) in [5, 5.41) is 8.42. The minimum atomic E-state index is 0.821. The summed E-state index contributed by atoms with van der Waals surface area (Å²) in [6, 6.07) is 16.9. The number of fused-ring (bicyclic) bond motifs is 1. The van der Waals surface area contributed by atoms with Crippen molar-refractivity contribution in [3.05, 3.63) is 70.9 Å². The first-order chi connectivity index (χ1) is 12.3. The zero-order chi connectivity index (χ0) is 17.2. The lowest BCUT2D eigenvalue weighted by Crippen LogP contribution is -2.05. The van der Waals surface area contributed by atoms with Gasteiger partial charge in [-0.05, 0) is 48.2 Å². The summed E-state index contributed by atoms with van der Waals surface area (Å²) >= 11 is 0. The number of nitrogens with zero attached hydrogens (tertiary/aromatic N) is 2. The molecule has 0 saturated heterocycles. The predicted molar refractivity (Wildman–Crippen MR) is 101 cm³/mol. The molecule has 0 spiro atoms. The van der Waals surface area contributed by atoms with Crippen molar-refractivity contribution in [2.75, 3.05) is 19.0 Å². The summed E-state index contributed by atoms with van der Waals surface area (Å²) in [5.74, 6) is 2.03. The molecule has 0 aliphatic carbocycles. The SMILES string of the molecule is CCc1ccc(-n2nc(Cc3cccc(OC)c3)c3c2NCC3)cc1. The first-order valence-corrected chi connectivity index (χ1v) is 8.85. The van der Waals surface area contributed by atoms with Crippen LogP contribution in [0.3, 0.4) is 0 Å². The van der Waals surface area contributed by atoms with E-state index < -0.39 is 0 Å². The van der Waals surface area contributed by atoms with Crippen LogP contribution in [-0.4, -0.2) is 23.4 Å². The second-order valence-electron chi connectivity index (χ2n) is 6.41. The lowest BCUT2D eigenvalue weighted by molar-refractivity contribution is 0.414. The van der Waals surface area contributed by atoms with E-state index in [1.807, 2.05) is 12.1 Å². The third-order valence-electron chi connectivity index (χ3n) is 4.83. The first-order valence-electron chi connectivity index (χ1n) is 8.85. The van der Waals surface area contributed by atoms with Gasteiger partial charge in [0.25, 0.3) is 0 Å². The lowest BCUT2D eigenvalue weighted by Gasteiger charge is -2.07. The molecule has 128 valence electrons. The Kier molecular flexibility index (Phi) is 4.18. The molecule has 0 fully saturated rings. The van der Waals surface area contributed by atoms with Gasteiger partial charge in [-0.1, -0.05) is 31.2 Å². The van der Waals surface area contributed by atoms with Gasteiger partial charge in [0.1, 0.15) is 11.6 Å². The normalized spacial score (nSPS) is 12.7. The number of hydrogen-bond donors (Lipinski definition) is 1. The van der Waals surface area contributed by atoms with E-state index in [4.69, 9.17) is 9.84 Å². The van der Waals surface area contributed by atoms with Gasteiger partial charge in [0, 0.05) is 18.5 Å². The lowest BCUT2D eigenvalue weighted by atomic mass is 10.1. The third-order valence-corrected chi connectivity index (χ3v) is 4.83. The molecule has 0 radical (unpaired) electrons. The molecular weight excluding hydrogens is 310 g/mol. The van der Waals surface area contributed by atoms with Crippen molar-refractivity contribution < 1.29 is 4.74 Å². The molecule has 3 aromatic rings. The van der Waals surface area contributed by atoms with E-state index in [2.05, 4.69) is 53.3 Å². The van der Waals surface area contributed by atoms with Crippen molar-refractivity contribution in [3.8, 4) is 11.4 Å². The highest BCUT2D eigenvalue weighted by atomic mass is 16.5. The Morgan fingerprint density at radius 2 is 1.96 bits per heavy atom. The predicted octanol–water partition coefficient (Wildman–Crippen LogP) is 4.00. The molecule has 0 atom stereocenters. The van der Waals surface area contributed by atoms with Crippen LogP contribution in [0.2, 0.25) is 0 Å². The van der Waals surface area contributed by atoms with E-state index in [1.165, 1.54) is 16.7 Å². The molecule has 1 N–H and O–H groups in total. The van der Waals surface area contributed by atoms with Crippen molar-refractivity contribution in [3.63, 3.8) is 0 Å². The fourth-order valence-corrected chi connectivity index (χ4v) is 3.42. The average Bonchev–Trinajstić information content (AvgIpc) is 3.26. The molecule has 2 heterocycles. The summed E-state index contributed by atoms with van der Waals surface area (Å²) in [4.78, 5) is 0. The molecular formula is C21H23N3O. The molecule has 25 heavy (non-hydrogen) atoms. The molecule has 4 nitrogen and oxygen atoms in total. The minimum Gasteiger partial charge on any atom is -0.497 e. The van der Waals surface area contributed by atoms with Crippen LogP contribution in [0, 0.1) is 0 Å². The van der Waals surface area contributed by atoms with Crippen LogP contribution in [0.15, 0.2) is 48.5 Å². The topological polar surface area (TPSA) is 39.1 Å². The summed E-state index contributed by atoms with van der Waals surface area (Å²) in [6.45, 7) is 3.15. The average molecular weight is 333 g/mol. The van der Waals surface area contributed by atoms with Crippen LogP contribution in [-0.2, 0) is 19.3 Å². The molecule has 4 rings (SSSR count). The Hall–Kier alpha value is -2.75. The zero-order valence-electron chi connectivity index (χ0n) is 14.7. The summed E-state index contributed by atoms with van der Waals surface area (Å²) in [5.41, 5.74) is 6.16. The van der Waals surface area contributed by atoms with Crippen LogP contribution < -0.4 is 10.1 Å². The van der Waals surface area contributed by atoms with E-state index in [1.54, 1.807) is 7.11 Å². The monoisotopic (exact) mass is 333 g/mol. The smallest absolute Gasteiger partial charge is 0.133 e. The number of nitrogens with one attached hydrogen (secondary N) is 1. The van der Waals surface area contributed by atoms with Crippen LogP contribution in [0.1, 0.15) is 29.3 Å². The van der Waals surface area contributed by atoms with Gasteiger partial charge in [-0.25, -0.2) is 4.68 Å². The van der Waals surface area contributed by atoms with E-state index in [9.17, 15) is 0 Å². The van der Waals surface area contributed by atoms with Crippen molar-refractivity contribution >= 4 is 5.82 Å². The molecule has 0 saturated carbocycles. The third kappa shape index (κ3) is 3.00. The Bertz CT molecular complexity index is 881. The fraction of sp³-hybridized carbons (Fsp3) is 0.286. The fourth-order valence-electron chi connectivity index (χ4n) is 3.42. The van der Waals surface area contributed by atoms with Gasteiger partial charge in [-0.15, -0.1) is 0 Å². The van der Waals surface area contributed by atoms with Gasteiger partial charge in [-0.3, -0.25) is 0 Å². The van der Waals surface area contributed by atoms with Crippen LogP contribution in [0.4, 0.5) is 5.82 Å². The van der Waals surface area contributed by atoms with Gasteiger partial charge >= 0.3 is 0 Å². The highest BCUT2D eigenvalue weighted by molar-refractivity contribution is 5.58. The maximum atomic E-state index is 5.34. The minimum absolute atomic E-state index is 0.821. The van der Waals surface area contributed by atoms with Gasteiger partial charge < -0.3 is 10.1 Å². The Balaban J connectivity index is 1.69. The van der Waals surface area contributed by atoms with E-state index in [-0.39, 0.29) is 0 Å². The number of ether oxygens (including phenoxy) is 1. The Morgan fingerprint density at radius 3 is 2.72 bits per heavy atom. The summed E-state index contributed by atoms with van der Waals surface area (Å²) < 4.78 is 7.40. The first kappa shape index (κ1) is 15.8. The van der Waals surface area contributed by atoms with Crippen molar-refractivity contribution in [2.45, 2.75) is 26.2 Å². The van der Waals surface area contributed by atoms with Crippen molar-refractivity contribution in [1.29, 1.82) is 0 Å². The summed E-state index contributed by atoms with van der Waals surface area (Å²) in [6.07, 6.45) is 2.90. The quantitative estimate of drug-likeness (QED) is 0.767. The van der Waals surface area contributed by atoms with Crippen LogP contribution >= 0.6 is 0 Å². The molecule has 0 amide bonds. The molecule has 2 aromatic carbocycles. The molecule has 4 heteroatoms. The zero-order valence-corrected chi connectivity index (χ0v) is 14.7. The van der Waals surface area contributed by atoms with Gasteiger partial charge in [0.15, 0.2) is 0 Å². The maximum Gasteiger partial charge on any atom is 0.133 e. The molecule has 1 aliphatic rings. The highest BCUT2D eigenvalue weighted by Crippen LogP contribution is 2.30. The number of aryl methyl sites for hydroxylation is 1. The van der Waals surface area contributed by atoms with Crippen molar-refractivity contribution in [2.24, 2.45) is 0 Å². The maximum absolute atomic E-state index is 5.34. The van der Waals surface area contributed by atoms with E-state index >= 15 is 0 Å². The molecule has 0 unspecified atom stereocenters. The number of benzene rings is 2. The second-order valence-corrected chi connectivity index (χ2v) is 6.41. The number of hydrogen-bond acceptors (Lipinski definition) is 3. The van der Waals surface area contributed by atoms with Crippen molar-refractivity contribution in [1.82, 2.24) is 9.78 Å². The second kappa shape index (κ2) is 6.63. The number of methoxy groups -OCH3 is 1. The largest absolute Gasteiger partial charge is 0.497 e. The molecule has 1 aromatic heterocycles. The summed E-state index contributed by atoms with van der Waals surface area (Å²) in [7, 11) is 1.70. The number of anilines is 1. The number of aromatic nitrogens is 2. The van der Waals surface area contributed by atoms with Gasteiger partial charge in [0.2, 0.25) is 0 Å². The Labute approximate surface area is 148 Å². The van der Waals surface area contributed by atoms with Gasteiger partial charge in [0.05, 0.1) is 18.5 Å². The Morgan fingerprint density at radius 1 is 1.12 bits per heavy atom. The van der Waals surface area contributed by atoms with Crippen LogP contribution in [0.25, 0.3) is 5.69 Å². The highest BCUT2D eigenvalue weighted by Gasteiger charge is 2.23. The molecule has 1 aliphatic heterocycles. The van der Waals surface area contributed by atoms with E-state index in [0.717, 1.165) is 48.8 Å². The standard InChI is InChI=1S/C21H23N3O/c1-3-15-7-9-17(10-8-15)24-21-19(11-12-22-21)20(23-24)14-16-5-4-6-18(13-16)25-2/h4-10,13,22H,3,11-12,14H2,1-2H3.